The van der Waals surface area contributed by atoms with Gasteiger partial charge in [-0.25, -0.2) is 8.42 Å². The van der Waals surface area contributed by atoms with Crippen molar-refractivity contribution in [1.82, 2.24) is 9.21 Å². The maximum atomic E-state index is 12.6. The molecule has 0 aromatic carbocycles. The first kappa shape index (κ1) is 16.8. The Bertz CT molecular complexity index is 602. The van der Waals surface area contributed by atoms with E-state index in [1.807, 2.05) is 14.1 Å². The minimum absolute atomic E-state index is 0.242. The Hall–Kier alpha value is -0.540. The van der Waals surface area contributed by atoms with Gasteiger partial charge in [0.1, 0.15) is 9.20 Å². The molecule has 1 aromatic rings. The predicted molar refractivity (Wildman–Crippen MR) is 90.2 cm³/mol. The van der Waals surface area contributed by atoms with Gasteiger partial charge in [-0.1, -0.05) is 12.2 Å². The lowest BCUT2D eigenvalue weighted by atomic mass is 9.98. The van der Waals surface area contributed by atoms with E-state index in [2.05, 4.69) is 4.90 Å². The highest BCUT2D eigenvalue weighted by Gasteiger charge is 2.30. The first-order valence-electron chi connectivity index (χ1n) is 6.85. The van der Waals surface area contributed by atoms with Gasteiger partial charge in [0.05, 0.1) is 4.88 Å². The van der Waals surface area contributed by atoms with E-state index in [1.54, 1.807) is 16.4 Å². The molecule has 118 valence electrons. The van der Waals surface area contributed by atoms with Crippen LogP contribution in [-0.2, 0) is 10.0 Å². The van der Waals surface area contributed by atoms with E-state index >= 15 is 0 Å². The van der Waals surface area contributed by atoms with E-state index in [0.29, 0.717) is 28.1 Å². The van der Waals surface area contributed by atoms with Crippen LogP contribution in [0.2, 0.25) is 0 Å². The highest BCUT2D eigenvalue weighted by atomic mass is 32.2. The molecule has 1 saturated heterocycles. The summed E-state index contributed by atoms with van der Waals surface area (Å²) < 4.78 is 27.1. The van der Waals surface area contributed by atoms with Gasteiger partial charge in [0.25, 0.3) is 10.0 Å². The average Bonchev–Trinajstić information content (AvgIpc) is 2.89. The third kappa shape index (κ3) is 4.01. The van der Waals surface area contributed by atoms with E-state index in [1.165, 1.54) is 0 Å². The van der Waals surface area contributed by atoms with Crippen LogP contribution in [0.25, 0.3) is 0 Å². The summed E-state index contributed by atoms with van der Waals surface area (Å²) in [6.07, 6.45) is 1.82. The van der Waals surface area contributed by atoms with Crippen molar-refractivity contribution in [2.24, 2.45) is 11.7 Å². The topological polar surface area (TPSA) is 66.6 Å². The summed E-state index contributed by atoms with van der Waals surface area (Å²) in [6.45, 7) is 2.18. The van der Waals surface area contributed by atoms with Gasteiger partial charge in [-0.05, 0) is 45.0 Å². The van der Waals surface area contributed by atoms with Crippen molar-refractivity contribution in [3.63, 3.8) is 0 Å². The minimum atomic E-state index is -3.40. The fraction of sp³-hybridized carbons (Fsp3) is 0.615. The molecule has 0 unspecified atom stereocenters. The lowest BCUT2D eigenvalue weighted by Crippen LogP contribution is -2.40. The maximum absolute atomic E-state index is 12.6. The van der Waals surface area contributed by atoms with Crippen molar-refractivity contribution in [3.05, 3.63) is 17.0 Å². The minimum Gasteiger partial charge on any atom is -0.389 e. The summed E-state index contributed by atoms with van der Waals surface area (Å²) in [5, 5.41) is 0. The van der Waals surface area contributed by atoms with Gasteiger partial charge in [0.2, 0.25) is 0 Å². The normalized spacial score (nSPS) is 18.2. The van der Waals surface area contributed by atoms with Crippen LogP contribution < -0.4 is 5.73 Å². The van der Waals surface area contributed by atoms with Crippen molar-refractivity contribution < 1.29 is 8.42 Å². The maximum Gasteiger partial charge on any atom is 0.252 e. The number of rotatable bonds is 5. The largest absolute Gasteiger partial charge is 0.389 e. The molecule has 8 heteroatoms. The third-order valence-corrected chi connectivity index (χ3v) is 7.45. The molecule has 0 atom stereocenters. The molecular weight excluding hydrogens is 326 g/mol. The van der Waals surface area contributed by atoms with Crippen molar-refractivity contribution in [1.29, 1.82) is 0 Å². The zero-order chi connectivity index (χ0) is 15.6. The third-order valence-electron chi connectivity index (χ3n) is 3.62. The fourth-order valence-electron chi connectivity index (χ4n) is 2.57. The van der Waals surface area contributed by atoms with Crippen LogP contribution in [0.5, 0.6) is 0 Å². The van der Waals surface area contributed by atoms with Gasteiger partial charge in [-0.3, -0.25) is 0 Å². The summed E-state index contributed by atoms with van der Waals surface area (Å²) in [7, 11) is 0.692. The number of thiocarbonyl (C=S) groups is 1. The Morgan fingerprint density at radius 1 is 1.43 bits per heavy atom. The summed E-state index contributed by atoms with van der Waals surface area (Å²) >= 11 is 6.03. The molecule has 5 nitrogen and oxygen atoms in total. The average molecular weight is 348 g/mol. The fourth-order valence-corrected chi connectivity index (χ4v) is 5.54. The van der Waals surface area contributed by atoms with Crippen LogP contribution in [0.3, 0.4) is 0 Å². The second-order valence-electron chi connectivity index (χ2n) is 5.59. The lowest BCUT2D eigenvalue weighted by Gasteiger charge is -2.32. The van der Waals surface area contributed by atoms with Gasteiger partial charge >= 0.3 is 0 Å². The van der Waals surface area contributed by atoms with E-state index < -0.39 is 10.0 Å². The van der Waals surface area contributed by atoms with E-state index in [0.717, 1.165) is 30.7 Å². The Balaban J connectivity index is 2.05. The number of nitrogens with zero attached hydrogens (tertiary/aromatic N) is 2. The molecule has 2 heterocycles. The van der Waals surface area contributed by atoms with Crippen LogP contribution >= 0.6 is 23.6 Å². The van der Waals surface area contributed by atoms with Crippen molar-refractivity contribution >= 4 is 38.6 Å². The summed E-state index contributed by atoms with van der Waals surface area (Å²) in [4.78, 5) is 3.04. The second kappa shape index (κ2) is 6.70. The molecule has 1 aromatic heterocycles. The Kier molecular flexibility index (Phi) is 5.37. The summed E-state index contributed by atoms with van der Waals surface area (Å²) in [5.74, 6) is 0.571. The Morgan fingerprint density at radius 2 is 2.05 bits per heavy atom. The standard InChI is InChI=1S/C13H21N3O2S3/c1-15(2)9-10-5-7-16(8-6-10)21(17,18)12-4-3-11(20-12)13(14)19/h3-4,10H,5-9H2,1-2H3,(H2,14,19). The summed E-state index contributed by atoms with van der Waals surface area (Å²) in [6, 6.07) is 3.28. The molecule has 0 radical (unpaired) electrons. The smallest absolute Gasteiger partial charge is 0.252 e. The van der Waals surface area contributed by atoms with E-state index in [4.69, 9.17) is 18.0 Å². The summed E-state index contributed by atoms with van der Waals surface area (Å²) in [5.41, 5.74) is 5.54. The predicted octanol–water partition coefficient (Wildman–Crippen LogP) is 1.34. The number of sulfonamides is 1. The molecule has 0 saturated carbocycles. The Morgan fingerprint density at radius 3 is 2.52 bits per heavy atom. The zero-order valence-corrected chi connectivity index (χ0v) is 14.7. The first-order chi connectivity index (χ1) is 9.80. The molecule has 1 aliphatic rings. The van der Waals surface area contributed by atoms with Gasteiger partial charge < -0.3 is 10.6 Å². The van der Waals surface area contributed by atoms with Crippen LogP contribution in [0.1, 0.15) is 17.7 Å². The molecule has 0 spiro atoms. The number of nitrogens with two attached hydrogens (primary N) is 1. The van der Waals surface area contributed by atoms with Crippen LogP contribution in [0, 0.1) is 5.92 Å². The molecule has 1 aliphatic heterocycles. The van der Waals surface area contributed by atoms with Crippen molar-refractivity contribution in [2.45, 2.75) is 17.1 Å². The van der Waals surface area contributed by atoms with Gasteiger partial charge in [-0.2, -0.15) is 4.31 Å². The SMILES string of the molecule is CN(C)CC1CCN(S(=O)(=O)c2ccc(C(N)=S)s2)CC1. The number of piperidine rings is 1. The zero-order valence-electron chi connectivity index (χ0n) is 12.3. The highest BCUT2D eigenvalue weighted by molar-refractivity contribution is 7.91. The lowest BCUT2D eigenvalue weighted by molar-refractivity contribution is 0.225. The molecule has 21 heavy (non-hydrogen) atoms. The first-order valence-corrected chi connectivity index (χ1v) is 9.51. The Labute approximate surface area is 135 Å². The quantitative estimate of drug-likeness (QED) is 0.815. The molecule has 0 bridgehead atoms. The van der Waals surface area contributed by atoms with Crippen LogP contribution in [-0.4, -0.2) is 56.3 Å². The number of hydrogen-bond acceptors (Lipinski definition) is 5. The van der Waals surface area contributed by atoms with Gasteiger partial charge in [0.15, 0.2) is 0 Å². The molecule has 2 rings (SSSR count). The van der Waals surface area contributed by atoms with Gasteiger partial charge in [0, 0.05) is 19.6 Å². The molecule has 2 N–H and O–H groups in total. The molecule has 0 amide bonds. The van der Waals surface area contributed by atoms with Gasteiger partial charge in [-0.15, -0.1) is 11.3 Å². The van der Waals surface area contributed by atoms with Crippen LogP contribution in [0.15, 0.2) is 16.3 Å². The van der Waals surface area contributed by atoms with Crippen molar-refractivity contribution in [2.75, 3.05) is 33.7 Å². The molecular formula is C13H21N3O2S3. The van der Waals surface area contributed by atoms with E-state index in [9.17, 15) is 8.42 Å². The number of thiophene rings is 1. The second-order valence-corrected chi connectivity index (χ2v) is 9.28. The van der Waals surface area contributed by atoms with Crippen molar-refractivity contribution in [3.8, 4) is 0 Å². The molecule has 0 aliphatic carbocycles. The van der Waals surface area contributed by atoms with E-state index in [-0.39, 0.29) is 4.99 Å². The highest BCUT2D eigenvalue weighted by Crippen LogP contribution is 2.28. The monoisotopic (exact) mass is 347 g/mol. The van der Waals surface area contributed by atoms with Crippen LogP contribution in [0.4, 0.5) is 0 Å². The number of hydrogen-bond donors (Lipinski definition) is 1. The molecule has 1 fully saturated rings.